The lowest BCUT2D eigenvalue weighted by Gasteiger charge is -2.11. The number of aromatic nitrogens is 1. The van der Waals surface area contributed by atoms with Gasteiger partial charge in [-0.25, -0.2) is 4.98 Å². The molecule has 0 fully saturated rings. The van der Waals surface area contributed by atoms with E-state index in [-0.39, 0.29) is 0 Å². The third kappa shape index (κ3) is 3.11. The maximum Gasteiger partial charge on any atom is 0.131 e. The summed E-state index contributed by atoms with van der Waals surface area (Å²) in [6.07, 6.45) is 3.32. The molecule has 0 unspecified atom stereocenters. The number of methoxy groups -OCH3 is 2. The first-order valence-electron chi connectivity index (χ1n) is 5.94. The number of nitrogens with two attached hydrogens (primary N) is 1. The Morgan fingerprint density at radius 3 is 2.55 bits per heavy atom. The zero-order valence-electron chi connectivity index (χ0n) is 11.3. The number of nitrogens with zero attached hydrogens (tertiary/aromatic N) is 1. The topological polar surface area (TPSA) is 57.4 Å². The number of nitrogen functional groups attached to an aromatic ring is 1. The van der Waals surface area contributed by atoms with Crippen molar-refractivity contribution in [1.29, 1.82) is 0 Å². The number of ether oxygens (including phenoxy) is 2. The Morgan fingerprint density at radius 2 is 1.95 bits per heavy atom. The van der Waals surface area contributed by atoms with Gasteiger partial charge in [-0.1, -0.05) is 12.1 Å². The Bertz CT molecular complexity index is 624. The molecule has 0 aliphatic carbocycles. The monoisotopic (exact) mass is 334 g/mol. The van der Waals surface area contributed by atoms with E-state index < -0.39 is 0 Å². The van der Waals surface area contributed by atoms with E-state index in [0.29, 0.717) is 5.82 Å². The number of rotatable bonds is 4. The SMILES string of the molecule is COC=C(c1ccc(OC)cc1)c1cc(Br)cnc1N. The van der Waals surface area contributed by atoms with E-state index >= 15 is 0 Å². The van der Waals surface area contributed by atoms with Crippen LogP contribution in [0.2, 0.25) is 0 Å². The number of hydrogen-bond donors (Lipinski definition) is 1. The summed E-state index contributed by atoms with van der Waals surface area (Å²) in [6, 6.07) is 9.59. The van der Waals surface area contributed by atoms with Crippen LogP contribution < -0.4 is 10.5 Å². The van der Waals surface area contributed by atoms with Gasteiger partial charge in [0.05, 0.1) is 20.5 Å². The Kier molecular flexibility index (Phi) is 4.63. The van der Waals surface area contributed by atoms with Gasteiger partial charge >= 0.3 is 0 Å². The summed E-state index contributed by atoms with van der Waals surface area (Å²) < 4.78 is 11.2. The highest BCUT2D eigenvalue weighted by Crippen LogP contribution is 2.30. The molecular weight excluding hydrogens is 320 g/mol. The van der Waals surface area contributed by atoms with E-state index in [4.69, 9.17) is 15.2 Å². The minimum Gasteiger partial charge on any atom is -0.504 e. The van der Waals surface area contributed by atoms with Crippen LogP contribution in [0.3, 0.4) is 0 Å². The molecule has 2 aromatic rings. The summed E-state index contributed by atoms with van der Waals surface area (Å²) in [5.41, 5.74) is 8.61. The third-order valence-corrected chi connectivity index (χ3v) is 3.25. The predicted molar refractivity (Wildman–Crippen MR) is 83.4 cm³/mol. The van der Waals surface area contributed by atoms with Gasteiger partial charge in [-0.15, -0.1) is 0 Å². The molecule has 1 aromatic heterocycles. The highest BCUT2D eigenvalue weighted by Gasteiger charge is 2.11. The Labute approximate surface area is 126 Å². The van der Waals surface area contributed by atoms with Crippen molar-refractivity contribution in [2.24, 2.45) is 0 Å². The molecule has 1 aromatic carbocycles. The Hall–Kier alpha value is -2.01. The van der Waals surface area contributed by atoms with E-state index in [1.165, 1.54) is 0 Å². The maximum atomic E-state index is 5.96. The maximum absolute atomic E-state index is 5.96. The first kappa shape index (κ1) is 14.4. The molecule has 0 radical (unpaired) electrons. The lowest BCUT2D eigenvalue weighted by atomic mass is 9.99. The van der Waals surface area contributed by atoms with Crippen molar-refractivity contribution in [1.82, 2.24) is 4.98 Å². The van der Waals surface area contributed by atoms with Gasteiger partial charge in [-0.2, -0.15) is 0 Å². The summed E-state index contributed by atoms with van der Waals surface area (Å²) >= 11 is 3.40. The van der Waals surface area contributed by atoms with Crippen molar-refractivity contribution in [3.05, 3.63) is 58.4 Å². The largest absolute Gasteiger partial charge is 0.504 e. The first-order chi connectivity index (χ1) is 9.65. The van der Waals surface area contributed by atoms with Crippen LogP contribution in [0.15, 0.2) is 47.3 Å². The Balaban J connectivity index is 2.50. The summed E-state index contributed by atoms with van der Waals surface area (Å²) in [7, 11) is 3.24. The van der Waals surface area contributed by atoms with Crippen LogP contribution >= 0.6 is 15.9 Å². The van der Waals surface area contributed by atoms with E-state index in [2.05, 4.69) is 20.9 Å². The second-order valence-corrected chi connectivity index (χ2v) is 5.00. The molecule has 4 nitrogen and oxygen atoms in total. The van der Waals surface area contributed by atoms with E-state index in [1.54, 1.807) is 26.7 Å². The van der Waals surface area contributed by atoms with Crippen molar-refractivity contribution >= 4 is 27.3 Å². The Morgan fingerprint density at radius 1 is 1.25 bits per heavy atom. The van der Waals surface area contributed by atoms with Crippen LogP contribution in [-0.4, -0.2) is 19.2 Å². The van der Waals surface area contributed by atoms with Gasteiger partial charge < -0.3 is 15.2 Å². The second-order valence-electron chi connectivity index (χ2n) is 4.08. The normalized spacial score (nSPS) is 11.2. The summed E-state index contributed by atoms with van der Waals surface area (Å²) in [5, 5.41) is 0. The average molecular weight is 335 g/mol. The second kappa shape index (κ2) is 6.43. The molecule has 2 N–H and O–H groups in total. The average Bonchev–Trinajstić information content (AvgIpc) is 2.48. The van der Waals surface area contributed by atoms with E-state index in [9.17, 15) is 0 Å². The summed E-state index contributed by atoms with van der Waals surface area (Å²) in [5.74, 6) is 1.25. The van der Waals surface area contributed by atoms with Gasteiger partial charge in [0, 0.05) is 21.8 Å². The molecule has 0 amide bonds. The van der Waals surface area contributed by atoms with Crippen molar-refractivity contribution in [2.75, 3.05) is 20.0 Å². The quantitative estimate of drug-likeness (QED) is 0.870. The molecule has 104 valence electrons. The van der Waals surface area contributed by atoms with E-state index in [0.717, 1.165) is 26.9 Å². The van der Waals surface area contributed by atoms with Gasteiger partial charge in [0.25, 0.3) is 0 Å². The summed E-state index contributed by atoms with van der Waals surface area (Å²) in [4.78, 5) is 4.15. The fourth-order valence-corrected chi connectivity index (χ4v) is 2.17. The summed E-state index contributed by atoms with van der Waals surface area (Å²) in [6.45, 7) is 0. The van der Waals surface area contributed by atoms with Crippen LogP contribution in [0.25, 0.3) is 5.57 Å². The molecule has 0 saturated carbocycles. The van der Waals surface area contributed by atoms with Gasteiger partial charge in [0.1, 0.15) is 11.6 Å². The van der Waals surface area contributed by atoms with Gasteiger partial charge in [-0.05, 0) is 39.7 Å². The lowest BCUT2D eigenvalue weighted by molar-refractivity contribution is 0.340. The number of halogens is 1. The molecule has 0 spiro atoms. The first-order valence-corrected chi connectivity index (χ1v) is 6.73. The molecule has 1 heterocycles. The van der Waals surface area contributed by atoms with Crippen LogP contribution in [0.1, 0.15) is 11.1 Å². The van der Waals surface area contributed by atoms with Crippen LogP contribution in [0.4, 0.5) is 5.82 Å². The van der Waals surface area contributed by atoms with E-state index in [1.807, 2.05) is 30.3 Å². The predicted octanol–water partition coefficient (Wildman–Crippen LogP) is 3.47. The molecule has 0 atom stereocenters. The standard InChI is InChI=1S/C15H15BrN2O2/c1-19-9-14(10-3-5-12(20-2)6-4-10)13-7-11(16)8-18-15(13)17/h3-9H,1-2H3,(H2,17,18). The number of hydrogen-bond acceptors (Lipinski definition) is 4. The molecule has 5 heteroatoms. The number of anilines is 1. The fourth-order valence-electron chi connectivity index (χ4n) is 1.84. The van der Waals surface area contributed by atoms with Gasteiger partial charge in [0.2, 0.25) is 0 Å². The zero-order chi connectivity index (χ0) is 14.5. The van der Waals surface area contributed by atoms with Crippen LogP contribution in [0.5, 0.6) is 5.75 Å². The van der Waals surface area contributed by atoms with Gasteiger partial charge in [-0.3, -0.25) is 0 Å². The zero-order valence-corrected chi connectivity index (χ0v) is 12.8. The smallest absolute Gasteiger partial charge is 0.131 e. The molecular formula is C15H15BrN2O2. The highest BCUT2D eigenvalue weighted by atomic mass is 79.9. The lowest BCUT2D eigenvalue weighted by Crippen LogP contribution is -1.99. The van der Waals surface area contributed by atoms with Gasteiger partial charge in [0.15, 0.2) is 0 Å². The molecule has 20 heavy (non-hydrogen) atoms. The minimum atomic E-state index is 0.451. The highest BCUT2D eigenvalue weighted by molar-refractivity contribution is 9.10. The van der Waals surface area contributed by atoms with Crippen LogP contribution in [0, 0.1) is 0 Å². The fraction of sp³-hybridized carbons (Fsp3) is 0.133. The van der Waals surface area contributed by atoms with Crippen molar-refractivity contribution < 1.29 is 9.47 Å². The third-order valence-electron chi connectivity index (χ3n) is 2.81. The molecule has 0 aliphatic rings. The number of benzene rings is 1. The van der Waals surface area contributed by atoms with Crippen molar-refractivity contribution in [3.8, 4) is 5.75 Å². The van der Waals surface area contributed by atoms with Crippen molar-refractivity contribution in [2.45, 2.75) is 0 Å². The molecule has 0 bridgehead atoms. The van der Waals surface area contributed by atoms with Crippen LogP contribution in [-0.2, 0) is 4.74 Å². The minimum absolute atomic E-state index is 0.451. The van der Waals surface area contributed by atoms with Crippen molar-refractivity contribution in [3.63, 3.8) is 0 Å². The number of pyridine rings is 1. The molecule has 2 rings (SSSR count). The molecule has 0 aliphatic heterocycles. The molecule has 0 saturated heterocycles.